The van der Waals surface area contributed by atoms with Crippen LogP contribution < -0.4 is 0 Å². The number of hydrogen-bond donors (Lipinski definition) is 0. The number of ether oxygens (including phenoxy) is 1. The molecule has 0 fully saturated rings. The first-order chi connectivity index (χ1) is 7.38. The minimum Gasteiger partial charge on any atom is -0.463 e. The van der Waals surface area contributed by atoms with Crippen LogP contribution in [0.1, 0.15) is 34.1 Å². The van der Waals surface area contributed by atoms with Crippen LogP contribution in [0.25, 0.3) is 0 Å². The molecule has 1 rings (SSSR count). The Morgan fingerprint density at radius 2 is 2.12 bits per heavy atom. The lowest BCUT2D eigenvalue weighted by molar-refractivity contribution is -0.137. The van der Waals surface area contributed by atoms with Crippen molar-refractivity contribution in [3.8, 4) is 0 Å². The van der Waals surface area contributed by atoms with Gasteiger partial charge in [-0.1, -0.05) is 19.9 Å². The Morgan fingerprint density at radius 1 is 1.50 bits per heavy atom. The molecule has 0 aliphatic heterocycles. The number of Topliss-reactive ketones (excluding diaryl/α,β-unsaturated/α-hetero) is 1. The van der Waals surface area contributed by atoms with Gasteiger partial charge in [0.05, 0.1) is 6.61 Å². The van der Waals surface area contributed by atoms with Crippen LogP contribution in [0, 0.1) is 5.41 Å². The molecule has 1 aliphatic carbocycles. The first kappa shape index (κ1) is 12.7. The zero-order valence-corrected chi connectivity index (χ0v) is 10.3. The highest BCUT2D eigenvalue weighted by Gasteiger charge is 2.34. The zero-order valence-electron chi connectivity index (χ0n) is 10.3. The van der Waals surface area contributed by atoms with Crippen molar-refractivity contribution in [2.75, 3.05) is 6.61 Å². The van der Waals surface area contributed by atoms with Gasteiger partial charge in [-0.25, -0.2) is 4.79 Å². The van der Waals surface area contributed by atoms with E-state index in [-0.39, 0.29) is 17.2 Å². The second-order valence-corrected chi connectivity index (χ2v) is 4.61. The summed E-state index contributed by atoms with van der Waals surface area (Å²) in [5.74, 6) is -0.202. The predicted molar refractivity (Wildman–Crippen MR) is 61.9 cm³/mol. The fourth-order valence-electron chi connectivity index (χ4n) is 1.98. The molecular weight excluding hydrogens is 204 g/mol. The average Bonchev–Trinajstić information content (AvgIpc) is 2.34. The Morgan fingerprint density at radius 3 is 2.56 bits per heavy atom. The van der Waals surface area contributed by atoms with Crippen molar-refractivity contribution in [2.45, 2.75) is 34.1 Å². The normalized spacial score (nSPS) is 19.6. The summed E-state index contributed by atoms with van der Waals surface area (Å²) in [5, 5.41) is 0. The fourth-order valence-corrected chi connectivity index (χ4v) is 1.98. The first-order valence-corrected chi connectivity index (χ1v) is 5.48. The van der Waals surface area contributed by atoms with E-state index in [0.29, 0.717) is 13.0 Å². The average molecular weight is 222 g/mol. The van der Waals surface area contributed by atoms with Crippen LogP contribution >= 0.6 is 0 Å². The van der Waals surface area contributed by atoms with E-state index < -0.39 is 0 Å². The van der Waals surface area contributed by atoms with Gasteiger partial charge < -0.3 is 4.74 Å². The third-order valence-electron chi connectivity index (χ3n) is 2.83. The number of hydrogen-bond acceptors (Lipinski definition) is 3. The maximum atomic E-state index is 11.6. The molecule has 0 aromatic heterocycles. The molecule has 0 bridgehead atoms. The van der Waals surface area contributed by atoms with E-state index in [4.69, 9.17) is 4.74 Å². The highest BCUT2D eigenvalue weighted by Crippen LogP contribution is 2.40. The minimum absolute atomic E-state index is 0.161. The summed E-state index contributed by atoms with van der Waals surface area (Å²) in [6.45, 7) is 7.95. The Balaban J connectivity index is 2.87. The van der Waals surface area contributed by atoms with Gasteiger partial charge >= 0.3 is 5.97 Å². The molecule has 0 saturated carbocycles. The van der Waals surface area contributed by atoms with E-state index >= 15 is 0 Å². The van der Waals surface area contributed by atoms with Crippen LogP contribution in [0.5, 0.6) is 0 Å². The molecule has 0 aromatic carbocycles. The van der Waals surface area contributed by atoms with Gasteiger partial charge in [0.15, 0.2) is 5.78 Å². The zero-order chi connectivity index (χ0) is 12.3. The number of rotatable bonds is 3. The van der Waals surface area contributed by atoms with Gasteiger partial charge in [-0.3, -0.25) is 4.79 Å². The Bertz CT molecular complexity index is 373. The fraction of sp³-hybridized carbons (Fsp3) is 0.538. The van der Waals surface area contributed by atoms with E-state index in [0.717, 1.165) is 11.1 Å². The summed E-state index contributed by atoms with van der Waals surface area (Å²) in [6.07, 6.45) is 3.61. The van der Waals surface area contributed by atoms with Crippen LogP contribution in [0.3, 0.4) is 0 Å². The highest BCUT2D eigenvalue weighted by molar-refractivity contribution is 6.00. The van der Waals surface area contributed by atoms with Crippen molar-refractivity contribution < 1.29 is 14.3 Å². The summed E-state index contributed by atoms with van der Waals surface area (Å²) < 4.78 is 4.80. The molecule has 0 unspecified atom stereocenters. The Hall–Kier alpha value is -1.38. The van der Waals surface area contributed by atoms with Crippen LogP contribution in [-0.2, 0) is 14.3 Å². The van der Waals surface area contributed by atoms with Gasteiger partial charge in [-0.2, -0.15) is 0 Å². The molecule has 88 valence electrons. The molecule has 0 radical (unpaired) electrons. The molecule has 0 amide bonds. The SMILES string of the molecule is CCOC(=O)/C=C/C1=C(C)C(=O)CC1(C)C. The van der Waals surface area contributed by atoms with Crippen molar-refractivity contribution in [1.29, 1.82) is 0 Å². The molecule has 3 heteroatoms. The lowest BCUT2D eigenvalue weighted by Gasteiger charge is -2.18. The lowest BCUT2D eigenvalue weighted by Crippen LogP contribution is -2.10. The van der Waals surface area contributed by atoms with Crippen LogP contribution in [0.2, 0.25) is 0 Å². The molecule has 0 heterocycles. The lowest BCUT2D eigenvalue weighted by atomic mass is 9.85. The summed E-state index contributed by atoms with van der Waals surface area (Å²) in [6, 6.07) is 0. The van der Waals surface area contributed by atoms with Crippen molar-refractivity contribution in [3.63, 3.8) is 0 Å². The molecule has 0 spiro atoms. The summed E-state index contributed by atoms with van der Waals surface area (Å²) >= 11 is 0. The van der Waals surface area contributed by atoms with E-state index in [2.05, 4.69) is 0 Å². The maximum absolute atomic E-state index is 11.6. The molecule has 0 atom stereocenters. The number of ketones is 1. The van der Waals surface area contributed by atoms with E-state index in [1.807, 2.05) is 20.8 Å². The monoisotopic (exact) mass is 222 g/mol. The Kier molecular flexibility index (Phi) is 3.68. The number of esters is 1. The molecular formula is C13H18O3. The number of carbonyl (C=O) groups is 2. The smallest absolute Gasteiger partial charge is 0.330 e. The topological polar surface area (TPSA) is 43.4 Å². The van der Waals surface area contributed by atoms with Crippen molar-refractivity contribution in [1.82, 2.24) is 0 Å². The summed E-state index contributed by atoms with van der Waals surface area (Å²) in [7, 11) is 0. The van der Waals surface area contributed by atoms with E-state index in [1.54, 1.807) is 13.0 Å². The van der Waals surface area contributed by atoms with Gasteiger partial charge in [0, 0.05) is 12.5 Å². The van der Waals surface area contributed by atoms with Gasteiger partial charge in [0.25, 0.3) is 0 Å². The molecule has 1 aliphatic rings. The summed E-state index contributed by atoms with van der Waals surface area (Å²) in [5.41, 5.74) is 1.51. The maximum Gasteiger partial charge on any atom is 0.330 e. The van der Waals surface area contributed by atoms with E-state index in [9.17, 15) is 9.59 Å². The van der Waals surface area contributed by atoms with Gasteiger partial charge in [-0.05, 0) is 30.4 Å². The van der Waals surface area contributed by atoms with Crippen LogP contribution in [0.4, 0.5) is 0 Å². The molecule has 16 heavy (non-hydrogen) atoms. The third kappa shape index (κ3) is 2.60. The van der Waals surface area contributed by atoms with Crippen LogP contribution in [0.15, 0.2) is 23.3 Å². The second kappa shape index (κ2) is 4.64. The molecule has 0 saturated heterocycles. The molecule has 0 N–H and O–H groups in total. The van der Waals surface area contributed by atoms with Gasteiger partial charge in [-0.15, -0.1) is 0 Å². The third-order valence-corrected chi connectivity index (χ3v) is 2.83. The minimum atomic E-state index is -0.363. The van der Waals surface area contributed by atoms with Gasteiger partial charge in [0.1, 0.15) is 0 Å². The number of carbonyl (C=O) groups excluding carboxylic acids is 2. The second-order valence-electron chi connectivity index (χ2n) is 4.61. The van der Waals surface area contributed by atoms with Gasteiger partial charge in [0.2, 0.25) is 0 Å². The number of allylic oxidation sites excluding steroid dienone is 3. The van der Waals surface area contributed by atoms with Crippen molar-refractivity contribution in [3.05, 3.63) is 23.3 Å². The van der Waals surface area contributed by atoms with Crippen molar-refractivity contribution >= 4 is 11.8 Å². The Labute approximate surface area is 96.2 Å². The molecule has 3 nitrogen and oxygen atoms in total. The predicted octanol–water partition coefficient (Wildman–Crippen LogP) is 2.42. The van der Waals surface area contributed by atoms with Crippen molar-refractivity contribution in [2.24, 2.45) is 5.41 Å². The molecule has 0 aromatic rings. The quantitative estimate of drug-likeness (QED) is 0.544. The highest BCUT2D eigenvalue weighted by atomic mass is 16.5. The van der Waals surface area contributed by atoms with E-state index in [1.165, 1.54) is 6.08 Å². The largest absolute Gasteiger partial charge is 0.463 e. The standard InChI is InChI=1S/C13H18O3/c1-5-16-12(15)7-6-10-9(2)11(14)8-13(10,3)4/h6-7H,5,8H2,1-4H3/b7-6+. The summed E-state index contributed by atoms with van der Waals surface area (Å²) in [4.78, 5) is 22.7. The first-order valence-electron chi connectivity index (χ1n) is 5.48. The van der Waals surface area contributed by atoms with Crippen LogP contribution in [-0.4, -0.2) is 18.4 Å².